The third kappa shape index (κ3) is 7.05. The molecule has 0 aliphatic carbocycles. The van der Waals surface area contributed by atoms with Crippen molar-refractivity contribution in [2.45, 2.75) is 63.6 Å². The number of amides is 1. The second-order valence-corrected chi connectivity index (χ2v) is 10.2. The Hall–Kier alpha value is -3.10. The van der Waals surface area contributed by atoms with Crippen LogP contribution < -0.4 is 5.32 Å². The summed E-state index contributed by atoms with van der Waals surface area (Å²) in [6.45, 7) is 3.11. The molecule has 3 atom stereocenters. The lowest BCUT2D eigenvalue weighted by Crippen LogP contribution is -2.40. The smallest absolute Gasteiger partial charge is 0.257 e. The summed E-state index contributed by atoms with van der Waals surface area (Å²) in [6.07, 6.45) is 9.69. The van der Waals surface area contributed by atoms with E-state index in [-0.39, 0.29) is 24.7 Å². The Kier molecular flexibility index (Phi) is 9.15. The van der Waals surface area contributed by atoms with E-state index >= 15 is 0 Å². The van der Waals surface area contributed by atoms with Gasteiger partial charge in [0.2, 0.25) is 0 Å². The first kappa shape index (κ1) is 26.5. The molecule has 0 saturated carbocycles. The normalized spacial score (nSPS) is 22.8. The van der Waals surface area contributed by atoms with Crippen LogP contribution in [0.5, 0.6) is 0 Å². The number of aliphatic hydroxyl groups is 1. The number of hydrogen-bond acceptors (Lipinski definition) is 6. The van der Waals surface area contributed by atoms with Crippen LogP contribution in [0.2, 0.25) is 0 Å². The van der Waals surface area contributed by atoms with Crippen LogP contribution in [0, 0.1) is 0 Å². The molecule has 3 aromatic rings. The standard InChI is InChI=1S/C31H37N3O4/c35-22-23-11-13-24(14-12-23)29-19-28(21-34-16-4-2-1-3-5-17-34)37-31(38-29)25-8-6-10-27(18-25)33-30(36)26-9-7-15-32-20-26/h6-15,18,20,28-29,31,35H,1-5,16-17,19,21-22H2,(H,33,36). The van der Waals surface area contributed by atoms with Crippen LogP contribution in [0.15, 0.2) is 73.1 Å². The summed E-state index contributed by atoms with van der Waals surface area (Å²) in [7, 11) is 0. The highest BCUT2D eigenvalue weighted by Crippen LogP contribution is 2.38. The fraction of sp³-hybridized carbons (Fsp3) is 0.419. The van der Waals surface area contributed by atoms with Crippen molar-refractivity contribution in [1.29, 1.82) is 0 Å². The quantitative estimate of drug-likeness (QED) is 0.424. The van der Waals surface area contributed by atoms with Crippen molar-refractivity contribution in [2.75, 3.05) is 25.0 Å². The van der Waals surface area contributed by atoms with E-state index in [0.29, 0.717) is 11.3 Å². The monoisotopic (exact) mass is 515 g/mol. The highest BCUT2D eigenvalue weighted by molar-refractivity contribution is 6.04. The van der Waals surface area contributed by atoms with Crippen molar-refractivity contribution < 1.29 is 19.4 Å². The van der Waals surface area contributed by atoms with Crippen LogP contribution in [0.25, 0.3) is 0 Å². The molecule has 38 heavy (non-hydrogen) atoms. The zero-order chi connectivity index (χ0) is 26.2. The van der Waals surface area contributed by atoms with Gasteiger partial charge in [0, 0.05) is 36.6 Å². The molecule has 5 rings (SSSR count). The van der Waals surface area contributed by atoms with Gasteiger partial charge in [-0.15, -0.1) is 0 Å². The average molecular weight is 516 g/mol. The number of hydrogen-bond donors (Lipinski definition) is 2. The van der Waals surface area contributed by atoms with Gasteiger partial charge >= 0.3 is 0 Å². The number of rotatable bonds is 7. The number of benzene rings is 2. The minimum atomic E-state index is -0.554. The maximum atomic E-state index is 12.7. The van der Waals surface area contributed by atoms with Gasteiger partial charge < -0.3 is 24.8 Å². The summed E-state index contributed by atoms with van der Waals surface area (Å²) in [5.41, 5.74) is 4.00. The number of aromatic nitrogens is 1. The molecule has 7 heteroatoms. The number of likely N-dealkylation sites (tertiary alicyclic amines) is 1. The van der Waals surface area contributed by atoms with E-state index in [2.05, 4.69) is 15.2 Å². The first-order valence-electron chi connectivity index (χ1n) is 13.7. The molecule has 3 unspecified atom stereocenters. The fourth-order valence-corrected chi connectivity index (χ4v) is 5.28. The van der Waals surface area contributed by atoms with Crippen LogP contribution in [0.3, 0.4) is 0 Å². The highest BCUT2D eigenvalue weighted by Gasteiger charge is 2.33. The topological polar surface area (TPSA) is 83.9 Å². The number of nitrogens with zero attached hydrogens (tertiary/aromatic N) is 2. The molecular weight excluding hydrogens is 478 g/mol. The van der Waals surface area contributed by atoms with Gasteiger partial charge in [0.1, 0.15) is 0 Å². The number of ether oxygens (including phenoxy) is 2. The molecule has 3 heterocycles. The molecule has 1 aromatic heterocycles. The third-order valence-corrected chi connectivity index (χ3v) is 7.37. The van der Waals surface area contributed by atoms with Gasteiger partial charge in [-0.25, -0.2) is 0 Å². The number of nitrogens with one attached hydrogen (secondary N) is 1. The lowest BCUT2D eigenvalue weighted by molar-refractivity contribution is -0.253. The largest absolute Gasteiger partial charge is 0.392 e. The maximum Gasteiger partial charge on any atom is 0.257 e. The molecule has 2 saturated heterocycles. The van der Waals surface area contributed by atoms with Crippen LogP contribution in [0.1, 0.15) is 78.0 Å². The number of carbonyl (C=O) groups excluding carboxylic acids is 1. The molecular formula is C31H37N3O4. The average Bonchev–Trinajstić information content (AvgIpc) is 2.95. The van der Waals surface area contributed by atoms with E-state index in [9.17, 15) is 9.90 Å². The molecule has 0 radical (unpaired) electrons. The van der Waals surface area contributed by atoms with E-state index in [1.54, 1.807) is 24.5 Å². The van der Waals surface area contributed by atoms with E-state index in [0.717, 1.165) is 42.7 Å². The van der Waals surface area contributed by atoms with Crippen LogP contribution in [-0.2, 0) is 16.1 Å². The van der Waals surface area contributed by atoms with E-state index in [1.807, 2.05) is 48.5 Å². The minimum absolute atomic E-state index is 0.0179. The van der Waals surface area contributed by atoms with E-state index in [4.69, 9.17) is 9.47 Å². The van der Waals surface area contributed by atoms with Gasteiger partial charge in [-0.1, -0.05) is 55.7 Å². The predicted octanol–water partition coefficient (Wildman–Crippen LogP) is 5.64. The van der Waals surface area contributed by atoms with Crippen LogP contribution in [0.4, 0.5) is 5.69 Å². The molecule has 2 N–H and O–H groups in total. The number of aliphatic hydroxyl groups excluding tert-OH is 1. The van der Waals surface area contributed by atoms with E-state index < -0.39 is 6.29 Å². The maximum absolute atomic E-state index is 12.7. The SMILES string of the molecule is O=C(Nc1cccc(C2OC(CN3CCCCCCC3)CC(c3ccc(CO)cc3)O2)c1)c1cccnc1. The molecule has 0 spiro atoms. The highest BCUT2D eigenvalue weighted by atomic mass is 16.7. The summed E-state index contributed by atoms with van der Waals surface area (Å²) >= 11 is 0. The molecule has 2 aromatic carbocycles. The number of carbonyl (C=O) groups is 1. The molecule has 2 aliphatic rings. The van der Waals surface area contributed by atoms with Crippen LogP contribution in [-0.4, -0.2) is 46.6 Å². The Morgan fingerprint density at radius 3 is 2.47 bits per heavy atom. The minimum Gasteiger partial charge on any atom is -0.392 e. The summed E-state index contributed by atoms with van der Waals surface area (Å²) in [5, 5.41) is 12.4. The van der Waals surface area contributed by atoms with Gasteiger partial charge in [0.15, 0.2) is 6.29 Å². The summed E-state index contributed by atoms with van der Waals surface area (Å²) < 4.78 is 13.1. The van der Waals surface area contributed by atoms with Gasteiger partial charge in [0.25, 0.3) is 5.91 Å². The summed E-state index contributed by atoms with van der Waals surface area (Å²) in [5.74, 6) is -0.211. The zero-order valence-electron chi connectivity index (χ0n) is 21.8. The first-order valence-corrected chi connectivity index (χ1v) is 13.7. The Morgan fingerprint density at radius 2 is 1.74 bits per heavy atom. The second-order valence-electron chi connectivity index (χ2n) is 10.2. The number of pyridine rings is 1. The summed E-state index contributed by atoms with van der Waals surface area (Å²) in [6, 6.07) is 19.1. The molecule has 2 fully saturated rings. The Morgan fingerprint density at radius 1 is 0.947 bits per heavy atom. The zero-order valence-corrected chi connectivity index (χ0v) is 21.8. The Labute approximate surface area is 224 Å². The number of anilines is 1. The third-order valence-electron chi connectivity index (χ3n) is 7.37. The van der Waals surface area contributed by atoms with Gasteiger partial charge in [-0.05, 0) is 61.3 Å². The molecule has 0 bridgehead atoms. The van der Waals surface area contributed by atoms with Gasteiger partial charge in [-0.2, -0.15) is 0 Å². The lowest BCUT2D eigenvalue weighted by atomic mass is 9.99. The van der Waals surface area contributed by atoms with E-state index in [1.165, 1.54) is 32.1 Å². The van der Waals surface area contributed by atoms with Crippen molar-refractivity contribution in [3.05, 3.63) is 95.3 Å². The second kappa shape index (κ2) is 13.1. The van der Waals surface area contributed by atoms with Crippen molar-refractivity contribution in [3.63, 3.8) is 0 Å². The molecule has 2 aliphatic heterocycles. The first-order chi connectivity index (χ1) is 18.7. The van der Waals surface area contributed by atoms with Crippen molar-refractivity contribution in [3.8, 4) is 0 Å². The molecule has 7 nitrogen and oxygen atoms in total. The van der Waals surface area contributed by atoms with Crippen molar-refractivity contribution >= 4 is 11.6 Å². The lowest BCUT2D eigenvalue weighted by Gasteiger charge is -2.39. The van der Waals surface area contributed by atoms with Crippen molar-refractivity contribution in [2.24, 2.45) is 0 Å². The van der Waals surface area contributed by atoms with Crippen molar-refractivity contribution in [1.82, 2.24) is 9.88 Å². The molecule has 200 valence electrons. The Bertz CT molecular complexity index is 1160. The molecule has 1 amide bonds. The van der Waals surface area contributed by atoms with Gasteiger partial charge in [-0.3, -0.25) is 9.78 Å². The summed E-state index contributed by atoms with van der Waals surface area (Å²) in [4.78, 5) is 19.3. The Balaban J connectivity index is 1.34. The van der Waals surface area contributed by atoms with Crippen LogP contribution >= 0.6 is 0 Å². The fourth-order valence-electron chi connectivity index (χ4n) is 5.28. The predicted molar refractivity (Wildman–Crippen MR) is 147 cm³/mol. The van der Waals surface area contributed by atoms with Gasteiger partial charge in [0.05, 0.1) is 24.4 Å².